The van der Waals surface area contributed by atoms with Crippen molar-refractivity contribution in [3.05, 3.63) is 17.5 Å². The van der Waals surface area contributed by atoms with Crippen LogP contribution >= 0.6 is 0 Å². The number of nitrogens with two attached hydrogens (primary N) is 1. The van der Waals surface area contributed by atoms with Crippen molar-refractivity contribution in [2.45, 2.75) is 20.3 Å². The number of ether oxygens (including phenoxy) is 1. The number of aromatic nitrogens is 2. The molecule has 0 saturated carbocycles. The highest BCUT2D eigenvalue weighted by Gasteiger charge is 2.00. The van der Waals surface area contributed by atoms with Crippen LogP contribution in [-0.2, 0) is 11.2 Å². The normalized spacial score (nSPS) is 10.3. The third-order valence-electron chi connectivity index (χ3n) is 1.82. The van der Waals surface area contributed by atoms with E-state index in [0.717, 1.165) is 24.3 Å². The van der Waals surface area contributed by atoms with Gasteiger partial charge in [-0.25, -0.2) is 9.97 Å². The summed E-state index contributed by atoms with van der Waals surface area (Å²) >= 11 is 0. The third-order valence-corrected chi connectivity index (χ3v) is 1.82. The van der Waals surface area contributed by atoms with Crippen molar-refractivity contribution in [2.24, 2.45) is 0 Å². The predicted octanol–water partition coefficient (Wildman–Crippen LogP) is 0.946. The van der Waals surface area contributed by atoms with Gasteiger partial charge in [0.15, 0.2) is 0 Å². The van der Waals surface area contributed by atoms with E-state index in [1.54, 1.807) is 6.20 Å². The molecule has 13 heavy (non-hydrogen) atoms. The summed E-state index contributed by atoms with van der Waals surface area (Å²) in [7, 11) is 0. The lowest BCUT2D eigenvalue weighted by Gasteiger charge is -2.04. The molecule has 0 fully saturated rings. The number of nitrogen functional groups attached to an aromatic ring is 1. The molecule has 4 nitrogen and oxygen atoms in total. The van der Waals surface area contributed by atoms with Gasteiger partial charge < -0.3 is 10.5 Å². The first kappa shape index (κ1) is 9.92. The van der Waals surface area contributed by atoms with Crippen LogP contribution in [0.5, 0.6) is 0 Å². The van der Waals surface area contributed by atoms with Crippen LogP contribution < -0.4 is 5.73 Å². The monoisotopic (exact) mass is 181 g/mol. The molecule has 1 aromatic heterocycles. The van der Waals surface area contributed by atoms with Crippen molar-refractivity contribution in [1.82, 2.24) is 9.97 Å². The maximum absolute atomic E-state index is 5.43. The van der Waals surface area contributed by atoms with Crippen LogP contribution in [0.25, 0.3) is 0 Å². The van der Waals surface area contributed by atoms with Crippen LogP contribution in [0, 0.1) is 6.92 Å². The number of nitrogens with zero attached hydrogens (tertiary/aromatic N) is 2. The van der Waals surface area contributed by atoms with E-state index in [-0.39, 0.29) is 0 Å². The van der Waals surface area contributed by atoms with E-state index in [2.05, 4.69) is 9.97 Å². The van der Waals surface area contributed by atoms with E-state index in [1.807, 2.05) is 13.8 Å². The Hall–Kier alpha value is -1.16. The second kappa shape index (κ2) is 4.77. The first-order chi connectivity index (χ1) is 6.24. The van der Waals surface area contributed by atoms with E-state index in [9.17, 15) is 0 Å². The van der Waals surface area contributed by atoms with Crippen molar-refractivity contribution in [2.75, 3.05) is 18.9 Å². The van der Waals surface area contributed by atoms with Gasteiger partial charge in [-0.05, 0) is 25.8 Å². The smallest absolute Gasteiger partial charge is 0.220 e. The number of rotatable bonds is 4. The van der Waals surface area contributed by atoms with Crippen molar-refractivity contribution < 1.29 is 4.74 Å². The lowest BCUT2D eigenvalue weighted by Crippen LogP contribution is -2.04. The quantitative estimate of drug-likeness (QED) is 0.702. The fraction of sp³-hybridized carbons (Fsp3) is 0.556. The summed E-state index contributed by atoms with van der Waals surface area (Å²) < 4.78 is 5.24. The summed E-state index contributed by atoms with van der Waals surface area (Å²) in [6, 6.07) is 0. The van der Waals surface area contributed by atoms with Crippen LogP contribution in [0.4, 0.5) is 5.95 Å². The Morgan fingerprint density at radius 2 is 2.31 bits per heavy atom. The van der Waals surface area contributed by atoms with E-state index in [4.69, 9.17) is 10.5 Å². The molecule has 1 rings (SSSR count). The molecule has 1 aromatic rings. The molecule has 0 amide bonds. The first-order valence-corrected chi connectivity index (χ1v) is 4.39. The molecular formula is C9H15N3O. The van der Waals surface area contributed by atoms with Crippen LogP contribution in [0.3, 0.4) is 0 Å². The molecule has 0 unspecified atom stereocenters. The Kier molecular flexibility index (Phi) is 3.64. The first-order valence-electron chi connectivity index (χ1n) is 4.39. The summed E-state index contributed by atoms with van der Waals surface area (Å²) in [6.07, 6.45) is 2.61. The predicted molar refractivity (Wildman–Crippen MR) is 51.4 cm³/mol. The maximum Gasteiger partial charge on any atom is 0.220 e. The highest BCUT2D eigenvalue weighted by atomic mass is 16.5. The van der Waals surface area contributed by atoms with E-state index in [1.165, 1.54) is 0 Å². The number of hydrogen-bond donors (Lipinski definition) is 1. The Labute approximate surface area is 78.1 Å². The molecule has 2 N–H and O–H groups in total. The van der Waals surface area contributed by atoms with Gasteiger partial charge in [-0.3, -0.25) is 0 Å². The zero-order chi connectivity index (χ0) is 9.68. The minimum absolute atomic E-state index is 0.331. The molecule has 0 aliphatic carbocycles. The molecule has 72 valence electrons. The van der Waals surface area contributed by atoms with Crippen molar-refractivity contribution >= 4 is 5.95 Å². The zero-order valence-electron chi connectivity index (χ0n) is 8.08. The SMILES string of the molecule is CCOCCc1cnc(N)nc1C. The van der Waals surface area contributed by atoms with Crippen LogP contribution in [0.1, 0.15) is 18.2 Å². The second-order valence-corrected chi connectivity index (χ2v) is 2.79. The molecule has 0 aliphatic rings. The van der Waals surface area contributed by atoms with Gasteiger partial charge in [-0.15, -0.1) is 0 Å². The Morgan fingerprint density at radius 1 is 1.54 bits per heavy atom. The summed E-state index contributed by atoms with van der Waals surface area (Å²) in [4.78, 5) is 7.99. The third kappa shape index (κ3) is 2.99. The largest absolute Gasteiger partial charge is 0.381 e. The molecular weight excluding hydrogens is 166 g/mol. The Bertz CT molecular complexity index is 276. The second-order valence-electron chi connectivity index (χ2n) is 2.79. The molecule has 4 heteroatoms. The molecule has 0 saturated heterocycles. The Morgan fingerprint density at radius 3 is 2.92 bits per heavy atom. The van der Waals surface area contributed by atoms with E-state index >= 15 is 0 Å². The van der Waals surface area contributed by atoms with E-state index in [0.29, 0.717) is 12.6 Å². The average molecular weight is 181 g/mol. The molecule has 0 atom stereocenters. The van der Waals surface area contributed by atoms with Gasteiger partial charge >= 0.3 is 0 Å². The van der Waals surface area contributed by atoms with Gasteiger partial charge in [0.05, 0.1) is 6.61 Å². The fourth-order valence-corrected chi connectivity index (χ4v) is 1.08. The summed E-state index contributed by atoms with van der Waals surface area (Å²) in [5.74, 6) is 0.331. The number of aryl methyl sites for hydroxylation is 1. The molecule has 0 bridgehead atoms. The standard InChI is InChI=1S/C9H15N3O/c1-3-13-5-4-8-6-11-9(10)12-7(8)2/h6H,3-5H2,1-2H3,(H2,10,11,12). The summed E-state index contributed by atoms with van der Waals surface area (Å²) in [5.41, 5.74) is 7.47. The topological polar surface area (TPSA) is 61.0 Å². The minimum Gasteiger partial charge on any atom is -0.381 e. The lowest BCUT2D eigenvalue weighted by molar-refractivity contribution is 0.150. The van der Waals surface area contributed by atoms with E-state index < -0.39 is 0 Å². The molecule has 0 aromatic carbocycles. The fourth-order valence-electron chi connectivity index (χ4n) is 1.08. The zero-order valence-corrected chi connectivity index (χ0v) is 8.08. The van der Waals surface area contributed by atoms with Crippen LogP contribution in [0.15, 0.2) is 6.20 Å². The molecule has 0 spiro atoms. The summed E-state index contributed by atoms with van der Waals surface area (Å²) in [6.45, 7) is 5.37. The molecule has 1 heterocycles. The van der Waals surface area contributed by atoms with Crippen molar-refractivity contribution in [3.8, 4) is 0 Å². The minimum atomic E-state index is 0.331. The van der Waals surface area contributed by atoms with Gasteiger partial charge in [-0.1, -0.05) is 0 Å². The van der Waals surface area contributed by atoms with Gasteiger partial charge in [0, 0.05) is 18.5 Å². The van der Waals surface area contributed by atoms with Crippen molar-refractivity contribution in [3.63, 3.8) is 0 Å². The maximum atomic E-state index is 5.43. The van der Waals surface area contributed by atoms with Gasteiger partial charge in [0.25, 0.3) is 0 Å². The van der Waals surface area contributed by atoms with Crippen LogP contribution in [0.2, 0.25) is 0 Å². The van der Waals surface area contributed by atoms with Gasteiger partial charge in [0.1, 0.15) is 0 Å². The number of anilines is 1. The Balaban J connectivity index is 2.56. The van der Waals surface area contributed by atoms with Gasteiger partial charge in [-0.2, -0.15) is 0 Å². The average Bonchev–Trinajstić information content (AvgIpc) is 2.09. The number of hydrogen-bond acceptors (Lipinski definition) is 4. The molecule has 0 radical (unpaired) electrons. The highest BCUT2D eigenvalue weighted by molar-refractivity contribution is 5.24. The van der Waals surface area contributed by atoms with Crippen molar-refractivity contribution in [1.29, 1.82) is 0 Å². The summed E-state index contributed by atoms with van der Waals surface area (Å²) in [5, 5.41) is 0. The lowest BCUT2D eigenvalue weighted by atomic mass is 10.2. The van der Waals surface area contributed by atoms with Crippen LogP contribution in [-0.4, -0.2) is 23.2 Å². The molecule has 0 aliphatic heterocycles. The van der Waals surface area contributed by atoms with Gasteiger partial charge in [0.2, 0.25) is 5.95 Å². The highest BCUT2D eigenvalue weighted by Crippen LogP contribution is 2.05.